The minimum absolute atomic E-state index is 0.0932. The molecule has 4 aromatic rings. The highest BCUT2D eigenvalue weighted by Gasteiger charge is 2.27. The summed E-state index contributed by atoms with van der Waals surface area (Å²) in [6, 6.07) is 19.7. The zero-order valence-corrected chi connectivity index (χ0v) is 19.8. The number of carbonyl (C=O) groups excluding carboxylic acids is 2. The molecule has 0 bridgehead atoms. The molecule has 5 rings (SSSR count). The third-order valence-corrected chi connectivity index (χ3v) is 6.64. The maximum Gasteiger partial charge on any atom is 0.257 e. The highest BCUT2D eigenvalue weighted by molar-refractivity contribution is 6.05. The molecule has 0 saturated carbocycles. The van der Waals surface area contributed by atoms with E-state index in [1.165, 1.54) is 24.3 Å². The molecule has 0 unspecified atom stereocenters. The zero-order chi connectivity index (χ0) is 25.2. The van der Waals surface area contributed by atoms with Crippen LogP contribution in [-0.4, -0.2) is 35.8 Å². The molecule has 0 atom stereocenters. The van der Waals surface area contributed by atoms with Gasteiger partial charge in [0.2, 0.25) is 0 Å². The Morgan fingerprint density at radius 2 is 1.64 bits per heavy atom. The van der Waals surface area contributed by atoms with E-state index in [-0.39, 0.29) is 28.9 Å². The minimum Gasteiger partial charge on any atom is -0.455 e. The SMILES string of the molecule is Cc1c(-c2ccccc2)oc2c(C(=O)N3CCC(NC(=O)c4ccc(F)cc4)CC3)cccc2c1=O. The van der Waals surface area contributed by atoms with Crippen molar-refractivity contribution in [3.8, 4) is 11.3 Å². The van der Waals surface area contributed by atoms with Crippen molar-refractivity contribution < 1.29 is 18.4 Å². The predicted molar refractivity (Wildman–Crippen MR) is 135 cm³/mol. The third kappa shape index (κ3) is 4.52. The number of hydrogen-bond acceptors (Lipinski definition) is 4. The molecular formula is C29H25FN2O4. The Labute approximate surface area is 207 Å². The van der Waals surface area contributed by atoms with Crippen LogP contribution < -0.4 is 10.7 Å². The maximum absolute atomic E-state index is 13.5. The van der Waals surface area contributed by atoms with E-state index in [2.05, 4.69) is 5.32 Å². The average Bonchev–Trinajstić information content (AvgIpc) is 2.91. The molecular weight excluding hydrogens is 459 g/mol. The normalized spacial score (nSPS) is 14.1. The number of piperidine rings is 1. The first-order chi connectivity index (χ1) is 17.4. The molecule has 6 nitrogen and oxygen atoms in total. The van der Waals surface area contributed by atoms with Gasteiger partial charge in [0.1, 0.15) is 11.6 Å². The van der Waals surface area contributed by atoms with E-state index in [1.807, 2.05) is 30.3 Å². The van der Waals surface area contributed by atoms with E-state index in [0.29, 0.717) is 53.8 Å². The zero-order valence-electron chi connectivity index (χ0n) is 19.8. The molecule has 36 heavy (non-hydrogen) atoms. The van der Waals surface area contributed by atoms with Gasteiger partial charge in [-0.05, 0) is 56.2 Å². The second kappa shape index (κ2) is 9.77. The molecule has 0 aliphatic carbocycles. The molecule has 2 amide bonds. The average molecular weight is 485 g/mol. The summed E-state index contributed by atoms with van der Waals surface area (Å²) in [5.41, 5.74) is 2.13. The Morgan fingerprint density at radius 3 is 2.33 bits per heavy atom. The van der Waals surface area contributed by atoms with Crippen molar-refractivity contribution in [2.45, 2.75) is 25.8 Å². The first kappa shape index (κ1) is 23.5. The number of amides is 2. The third-order valence-electron chi connectivity index (χ3n) is 6.64. The van der Waals surface area contributed by atoms with Crippen LogP contribution >= 0.6 is 0 Å². The molecule has 1 aliphatic rings. The van der Waals surface area contributed by atoms with Crippen LogP contribution in [-0.2, 0) is 0 Å². The van der Waals surface area contributed by atoms with Gasteiger partial charge < -0.3 is 14.6 Å². The van der Waals surface area contributed by atoms with Crippen LogP contribution in [0.1, 0.15) is 39.1 Å². The van der Waals surface area contributed by atoms with Crippen LogP contribution in [0.3, 0.4) is 0 Å². The lowest BCUT2D eigenvalue weighted by Gasteiger charge is -2.32. The van der Waals surface area contributed by atoms with Gasteiger partial charge in [-0.2, -0.15) is 0 Å². The van der Waals surface area contributed by atoms with Crippen LogP contribution in [0.25, 0.3) is 22.3 Å². The molecule has 1 aromatic heterocycles. The number of rotatable bonds is 4. The second-order valence-corrected chi connectivity index (χ2v) is 8.98. The minimum atomic E-state index is -0.395. The Bertz CT molecular complexity index is 1490. The molecule has 1 fully saturated rings. The molecule has 7 heteroatoms. The quantitative estimate of drug-likeness (QED) is 0.445. The molecule has 182 valence electrons. The van der Waals surface area contributed by atoms with E-state index < -0.39 is 5.82 Å². The summed E-state index contributed by atoms with van der Waals surface area (Å²) in [6.07, 6.45) is 1.17. The molecule has 1 saturated heterocycles. The van der Waals surface area contributed by atoms with Crippen LogP contribution in [0.4, 0.5) is 4.39 Å². The summed E-state index contributed by atoms with van der Waals surface area (Å²) < 4.78 is 19.3. The van der Waals surface area contributed by atoms with Gasteiger partial charge in [-0.25, -0.2) is 4.39 Å². The molecule has 3 aromatic carbocycles. The number of fused-ring (bicyclic) bond motifs is 1. The standard InChI is InChI=1S/C29H25FN2O4/c1-18-25(33)23-8-5-9-24(27(23)36-26(18)19-6-3-2-4-7-19)29(35)32-16-14-22(15-17-32)31-28(34)20-10-12-21(30)13-11-20/h2-13,22H,14-17H2,1H3,(H,31,34). The lowest BCUT2D eigenvalue weighted by atomic mass is 10.0. The van der Waals surface area contributed by atoms with Crippen LogP contribution in [0.5, 0.6) is 0 Å². The van der Waals surface area contributed by atoms with Crippen LogP contribution in [0, 0.1) is 12.7 Å². The van der Waals surface area contributed by atoms with Crippen molar-refractivity contribution in [2.24, 2.45) is 0 Å². The van der Waals surface area contributed by atoms with Crippen molar-refractivity contribution in [1.29, 1.82) is 0 Å². The lowest BCUT2D eigenvalue weighted by Crippen LogP contribution is -2.46. The van der Waals surface area contributed by atoms with Crippen molar-refractivity contribution in [1.82, 2.24) is 10.2 Å². The summed E-state index contributed by atoms with van der Waals surface area (Å²) in [7, 11) is 0. The highest BCUT2D eigenvalue weighted by Crippen LogP contribution is 2.28. The summed E-state index contributed by atoms with van der Waals surface area (Å²) in [5.74, 6) is -0.418. The van der Waals surface area contributed by atoms with Gasteiger partial charge in [0.25, 0.3) is 11.8 Å². The summed E-state index contributed by atoms with van der Waals surface area (Å²) in [4.78, 5) is 40.8. The number of carbonyl (C=O) groups is 2. The van der Waals surface area contributed by atoms with E-state index in [4.69, 9.17) is 4.42 Å². The Morgan fingerprint density at radius 1 is 0.944 bits per heavy atom. The van der Waals surface area contributed by atoms with Gasteiger partial charge in [-0.1, -0.05) is 36.4 Å². The van der Waals surface area contributed by atoms with E-state index in [9.17, 15) is 18.8 Å². The summed E-state index contributed by atoms with van der Waals surface area (Å²) in [5, 5.41) is 3.34. The highest BCUT2D eigenvalue weighted by atomic mass is 19.1. The maximum atomic E-state index is 13.5. The number of likely N-dealkylation sites (tertiary alicyclic amines) is 1. The van der Waals surface area contributed by atoms with E-state index >= 15 is 0 Å². The first-order valence-corrected chi connectivity index (χ1v) is 11.9. The fraction of sp³-hybridized carbons (Fsp3) is 0.207. The smallest absolute Gasteiger partial charge is 0.257 e. The number of benzene rings is 3. The Balaban J connectivity index is 1.35. The van der Waals surface area contributed by atoms with Gasteiger partial charge in [0.15, 0.2) is 11.0 Å². The molecule has 1 aliphatic heterocycles. The summed E-state index contributed by atoms with van der Waals surface area (Å²) in [6.45, 7) is 2.63. The summed E-state index contributed by atoms with van der Waals surface area (Å²) >= 11 is 0. The van der Waals surface area contributed by atoms with E-state index in [1.54, 1.807) is 30.0 Å². The fourth-order valence-corrected chi connectivity index (χ4v) is 4.61. The second-order valence-electron chi connectivity index (χ2n) is 8.98. The topological polar surface area (TPSA) is 79.6 Å². The number of hydrogen-bond donors (Lipinski definition) is 1. The van der Waals surface area contributed by atoms with Gasteiger partial charge in [0.05, 0.1) is 10.9 Å². The number of nitrogens with one attached hydrogen (secondary N) is 1. The largest absolute Gasteiger partial charge is 0.455 e. The van der Waals surface area contributed by atoms with Gasteiger partial charge >= 0.3 is 0 Å². The molecule has 0 spiro atoms. The first-order valence-electron chi connectivity index (χ1n) is 11.9. The van der Waals surface area contributed by atoms with Gasteiger partial charge in [0, 0.05) is 35.8 Å². The van der Waals surface area contributed by atoms with Crippen molar-refractivity contribution in [3.05, 3.63) is 106 Å². The van der Waals surface area contributed by atoms with Gasteiger partial charge in [-0.3, -0.25) is 14.4 Å². The molecule has 0 radical (unpaired) electrons. The number of halogens is 1. The van der Waals surface area contributed by atoms with E-state index in [0.717, 1.165) is 5.56 Å². The van der Waals surface area contributed by atoms with Crippen molar-refractivity contribution in [3.63, 3.8) is 0 Å². The lowest BCUT2D eigenvalue weighted by molar-refractivity contribution is 0.0699. The van der Waals surface area contributed by atoms with Crippen LogP contribution in [0.2, 0.25) is 0 Å². The van der Waals surface area contributed by atoms with Crippen LogP contribution in [0.15, 0.2) is 82.0 Å². The van der Waals surface area contributed by atoms with Gasteiger partial charge in [-0.15, -0.1) is 0 Å². The Hall–Kier alpha value is -4.26. The predicted octanol–water partition coefficient (Wildman–Crippen LogP) is 4.94. The van der Waals surface area contributed by atoms with Crippen molar-refractivity contribution >= 4 is 22.8 Å². The molecule has 1 N–H and O–H groups in total. The number of nitrogens with zero attached hydrogens (tertiary/aromatic N) is 1. The Kier molecular flexibility index (Phi) is 6.38. The molecule has 2 heterocycles. The van der Waals surface area contributed by atoms with Crippen molar-refractivity contribution in [2.75, 3.05) is 13.1 Å². The number of para-hydroxylation sites is 1. The monoisotopic (exact) mass is 484 g/mol. The fourth-order valence-electron chi connectivity index (χ4n) is 4.61.